The van der Waals surface area contributed by atoms with Crippen LogP contribution in [-0.4, -0.2) is 27.8 Å². The van der Waals surface area contributed by atoms with Crippen molar-refractivity contribution in [2.24, 2.45) is 5.10 Å². The van der Waals surface area contributed by atoms with Gasteiger partial charge < -0.3 is 9.67 Å². The van der Waals surface area contributed by atoms with Gasteiger partial charge in [0.25, 0.3) is 5.91 Å². The molecule has 1 amide bonds. The van der Waals surface area contributed by atoms with Crippen LogP contribution in [0.5, 0.6) is 0 Å². The third-order valence-corrected chi connectivity index (χ3v) is 3.48. The van der Waals surface area contributed by atoms with Crippen molar-refractivity contribution in [3.63, 3.8) is 0 Å². The molecule has 0 unspecified atom stereocenters. The maximum absolute atomic E-state index is 11.2. The van der Waals surface area contributed by atoms with Gasteiger partial charge in [-0.05, 0) is 44.2 Å². The van der Waals surface area contributed by atoms with Gasteiger partial charge in [-0.3, -0.25) is 4.79 Å². The molecule has 0 spiro atoms. The maximum atomic E-state index is 11.2. The number of aromatic nitrogens is 1. The summed E-state index contributed by atoms with van der Waals surface area (Å²) in [4.78, 5) is 22.1. The molecule has 1 aromatic carbocycles. The van der Waals surface area contributed by atoms with Crippen molar-refractivity contribution in [1.82, 2.24) is 9.99 Å². The summed E-state index contributed by atoms with van der Waals surface area (Å²) in [5.74, 6) is -1.43. The van der Waals surface area contributed by atoms with Crippen LogP contribution in [0.15, 0.2) is 35.4 Å². The molecule has 1 heterocycles. The zero-order valence-corrected chi connectivity index (χ0v) is 13.3. The van der Waals surface area contributed by atoms with E-state index in [2.05, 4.69) is 10.5 Å². The molecule has 0 aliphatic carbocycles. The van der Waals surface area contributed by atoms with Crippen LogP contribution in [0, 0.1) is 25.2 Å². The number of hydrogen-bond acceptors (Lipinski definition) is 4. The zero-order chi connectivity index (χ0) is 17.7. The van der Waals surface area contributed by atoms with E-state index in [1.807, 2.05) is 24.5 Å². The average Bonchev–Trinajstić information content (AvgIpc) is 2.82. The highest BCUT2D eigenvalue weighted by Crippen LogP contribution is 2.20. The van der Waals surface area contributed by atoms with E-state index in [-0.39, 0.29) is 12.0 Å². The summed E-state index contributed by atoms with van der Waals surface area (Å²) < 4.78 is 1.96. The molecule has 0 saturated carbocycles. The van der Waals surface area contributed by atoms with E-state index in [9.17, 15) is 9.59 Å². The third-order valence-electron chi connectivity index (χ3n) is 3.48. The fourth-order valence-corrected chi connectivity index (χ4v) is 2.35. The van der Waals surface area contributed by atoms with Gasteiger partial charge in [0.15, 0.2) is 0 Å². The van der Waals surface area contributed by atoms with Crippen molar-refractivity contribution in [1.29, 1.82) is 5.26 Å². The molecule has 0 bridgehead atoms. The quantitative estimate of drug-likeness (QED) is 0.649. The van der Waals surface area contributed by atoms with Gasteiger partial charge in [0.05, 0.1) is 17.8 Å². The van der Waals surface area contributed by atoms with E-state index in [0.29, 0.717) is 0 Å². The number of hydrogen-bond donors (Lipinski definition) is 2. The molecule has 2 aromatic rings. The van der Waals surface area contributed by atoms with Crippen LogP contribution in [0.2, 0.25) is 0 Å². The van der Waals surface area contributed by atoms with Gasteiger partial charge in [0.1, 0.15) is 6.42 Å². The molecule has 24 heavy (non-hydrogen) atoms. The number of benzene rings is 1. The van der Waals surface area contributed by atoms with Gasteiger partial charge in [-0.15, -0.1) is 0 Å². The molecule has 122 valence electrons. The van der Waals surface area contributed by atoms with Gasteiger partial charge in [-0.1, -0.05) is 0 Å². The fourth-order valence-electron chi connectivity index (χ4n) is 2.35. The molecule has 7 nitrogen and oxygen atoms in total. The van der Waals surface area contributed by atoms with E-state index in [1.54, 1.807) is 30.3 Å². The molecular weight excluding hydrogens is 308 g/mol. The lowest BCUT2D eigenvalue weighted by atomic mass is 10.2. The van der Waals surface area contributed by atoms with Crippen molar-refractivity contribution in [2.75, 3.05) is 0 Å². The van der Waals surface area contributed by atoms with Crippen molar-refractivity contribution >= 4 is 18.1 Å². The second-order valence-electron chi connectivity index (χ2n) is 5.14. The summed E-state index contributed by atoms with van der Waals surface area (Å²) in [5.41, 5.74) is 6.00. The largest absolute Gasteiger partial charge is 0.478 e. The van der Waals surface area contributed by atoms with E-state index < -0.39 is 11.9 Å². The number of nitrogens with zero attached hydrogens (tertiary/aromatic N) is 3. The van der Waals surface area contributed by atoms with Crippen molar-refractivity contribution < 1.29 is 14.7 Å². The Kier molecular flexibility index (Phi) is 5.12. The Hall–Kier alpha value is -3.40. The van der Waals surface area contributed by atoms with Crippen molar-refractivity contribution in [2.45, 2.75) is 20.3 Å². The first-order valence-corrected chi connectivity index (χ1v) is 7.15. The second kappa shape index (κ2) is 7.24. The zero-order valence-electron chi connectivity index (χ0n) is 13.3. The maximum Gasteiger partial charge on any atom is 0.335 e. The average molecular weight is 324 g/mol. The summed E-state index contributed by atoms with van der Waals surface area (Å²) in [6.07, 6.45) is 1.27. The van der Waals surface area contributed by atoms with Crippen molar-refractivity contribution in [3.05, 3.63) is 52.8 Å². The molecule has 2 rings (SSSR count). The number of rotatable bonds is 5. The van der Waals surface area contributed by atoms with E-state index >= 15 is 0 Å². The van der Waals surface area contributed by atoms with Gasteiger partial charge in [-0.2, -0.15) is 10.4 Å². The van der Waals surface area contributed by atoms with Crippen LogP contribution in [0.3, 0.4) is 0 Å². The highest BCUT2D eigenvalue weighted by atomic mass is 16.4. The van der Waals surface area contributed by atoms with Gasteiger partial charge >= 0.3 is 5.97 Å². The molecule has 0 radical (unpaired) electrons. The molecule has 2 N–H and O–H groups in total. The number of amides is 1. The topological polar surface area (TPSA) is 107 Å². The molecule has 0 fully saturated rings. The van der Waals surface area contributed by atoms with Gasteiger partial charge in [0, 0.05) is 22.6 Å². The standard InChI is InChI=1S/C17H16N4O3/c1-11-9-14(10-19-20-16(22)7-8-18)12(2)21(11)15-5-3-13(4-6-15)17(23)24/h3-6,9-10H,7H2,1-2H3,(H,20,22)(H,23,24)/b19-10+. The number of hydrazone groups is 1. The molecule has 0 saturated heterocycles. The molecule has 7 heteroatoms. The Bertz CT molecular complexity index is 842. The summed E-state index contributed by atoms with van der Waals surface area (Å²) in [5, 5.41) is 21.2. The number of aromatic carboxylic acids is 1. The van der Waals surface area contributed by atoms with E-state index in [1.165, 1.54) is 6.21 Å². The first-order chi connectivity index (χ1) is 11.4. The number of carbonyl (C=O) groups is 2. The monoisotopic (exact) mass is 324 g/mol. The van der Waals surface area contributed by atoms with Crippen LogP contribution in [-0.2, 0) is 4.79 Å². The number of aryl methyl sites for hydroxylation is 1. The Balaban J connectivity index is 2.26. The Labute approximate surface area is 138 Å². The Morgan fingerprint density at radius 1 is 1.33 bits per heavy atom. The lowest BCUT2D eigenvalue weighted by Gasteiger charge is -2.09. The van der Waals surface area contributed by atoms with Crippen LogP contribution in [0.1, 0.15) is 33.7 Å². The molecular formula is C17H16N4O3. The Morgan fingerprint density at radius 3 is 2.58 bits per heavy atom. The lowest BCUT2D eigenvalue weighted by molar-refractivity contribution is -0.120. The number of nitriles is 1. The minimum Gasteiger partial charge on any atom is -0.478 e. The predicted molar refractivity (Wildman–Crippen MR) is 88.2 cm³/mol. The molecule has 1 aromatic heterocycles. The SMILES string of the molecule is Cc1cc(/C=N/NC(=O)CC#N)c(C)n1-c1ccc(C(=O)O)cc1. The number of carbonyl (C=O) groups excluding carboxylic acids is 1. The molecule has 0 atom stereocenters. The Morgan fingerprint density at radius 2 is 2.00 bits per heavy atom. The summed E-state index contributed by atoms with van der Waals surface area (Å²) >= 11 is 0. The van der Waals surface area contributed by atoms with E-state index in [4.69, 9.17) is 10.4 Å². The van der Waals surface area contributed by atoms with Crippen LogP contribution < -0.4 is 5.43 Å². The first kappa shape index (κ1) is 17.0. The van der Waals surface area contributed by atoms with Crippen LogP contribution in [0.4, 0.5) is 0 Å². The predicted octanol–water partition coefficient (Wildman–Crippen LogP) is 2.16. The fraction of sp³-hybridized carbons (Fsp3) is 0.176. The normalized spacial score (nSPS) is 10.5. The van der Waals surface area contributed by atoms with E-state index in [0.717, 1.165) is 22.6 Å². The first-order valence-electron chi connectivity index (χ1n) is 7.15. The minimum absolute atomic E-state index is 0.225. The highest BCUT2D eigenvalue weighted by molar-refractivity contribution is 5.88. The third kappa shape index (κ3) is 3.67. The number of carboxylic acids is 1. The number of carboxylic acid groups (broad SMARTS) is 1. The van der Waals surface area contributed by atoms with Crippen LogP contribution >= 0.6 is 0 Å². The molecule has 0 aliphatic heterocycles. The highest BCUT2D eigenvalue weighted by Gasteiger charge is 2.10. The van der Waals surface area contributed by atoms with Gasteiger partial charge in [0.2, 0.25) is 0 Å². The van der Waals surface area contributed by atoms with Crippen LogP contribution in [0.25, 0.3) is 5.69 Å². The minimum atomic E-state index is -0.969. The molecule has 0 aliphatic rings. The second-order valence-corrected chi connectivity index (χ2v) is 5.14. The van der Waals surface area contributed by atoms with Gasteiger partial charge in [-0.25, -0.2) is 10.2 Å². The summed E-state index contributed by atoms with van der Waals surface area (Å²) in [6, 6.07) is 10.2. The van der Waals surface area contributed by atoms with Crippen molar-refractivity contribution in [3.8, 4) is 11.8 Å². The lowest BCUT2D eigenvalue weighted by Crippen LogP contribution is -2.16. The summed E-state index contributed by atoms with van der Waals surface area (Å²) in [6.45, 7) is 3.82. The summed E-state index contributed by atoms with van der Waals surface area (Å²) in [7, 11) is 0. The number of nitrogens with one attached hydrogen (secondary N) is 1. The smallest absolute Gasteiger partial charge is 0.335 e.